The van der Waals surface area contributed by atoms with Crippen LogP contribution in [0.5, 0.6) is 0 Å². The van der Waals surface area contributed by atoms with Gasteiger partial charge in [0.15, 0.2) is 0 Å². The Labute approximate surface area is 107 Å². The number of halogens is 1. The van der Waals surface area contributed by atoms with E-state index in [9.17, 15) is 4.39 Å². The van der Waals surface area contributed by atoms with Gasteiger partial charge in [0, 0.05) is 24.7 Å². The van der Waals surface area contributed by atoms with Crippen LogP contribution in [0.4, 0.5) is 15.8 Å². The molecule has 0 spiro atoms. The van der Waals surface area contributed by atoms with Crippen LogP contribution in [0.1, 0.15) is 13.3 Å². The smallest absolute Gasteiger partial charge is 0.119 e. The molecule has 1 aromatic rings. The van der Waals surface area contributed by atoms with E-state index in [1.165, 1.54) is 0 Å². The van der Waals surface area contributed by atoms with Gasteiger partial charge in [-0.15, -0.1) is 0 Å². The molecular formula is C14H20FN3. The van der Waals surface area contributed by atoms with Crippen molar-refractivity contribution >= 4 is 11.4 Å². The van der Waals surface area contributed by atoms with Crippen LogP contribution in [0.25, 0.3) is 0 Å². The minimum absolute atomic E-state index is 0.224. The van der Waals surface area contributed by atoms with Crippen molar-refractivity contribution in [3.05, 3.63) is 36.5 Å². The van der Waals surface area contributed by atoms with Gasteiger partial charge in [-0.3, -0.25) is 0 Å². The fraction of sp³-hybridized carbons (Fsp3) is 0.429. The molecule has 2 rings (SSSR count). The van der Waals surface area contributed by atoms with E-state index in [0.29, 0.717) is 25.2 Å². The maximum Gasteiger partial charge on any atom is 0.119 e. The number of anilines is 2. The molecule has 1 saturated heterocycles. The predicted octanol–water partition coefficient (Wildman–Crippen LogP) is 2.63. The number of hydrogen-bond donors (Lipinski definition) is 2. The molecule has 1 fully saturated rings. The third kappa shape index (κ3) is 2.75. The van der Waals surface area contributed by atoms with Crippen molar-refractivity contribution in [3.8, 4) is 0 Å². The molecule has 1 heterocycles. The molecule has 1 aromatic carbocycles. The number of rotatable bonds is 4. The summed E-state index contributed by atoms with van der Waals surface area (Å²) in [5.41, 5.74) is 8.35. The first-order valence-corrected chi connectivity index (χ1v) is 6.25. The van der Waals surface area contributed by atoms with Crippen LogP contribution >= 0.6 is 0 Å². The summed E-state index contributed by atoms with van der Waals surface area (Å²) in [5, 5.41) is 3.24. The first-order valence-electron chi connectivity index (χ1n) is 6.25. The molecule has 3 nitrogen and oxygen atoms in total. The zero-order valence-corrected chi connectivity index (χ0v) is 10.7. The highest BCUT2D eigenvalue weighted by atomic mass is 19.1. The van der Waals surface area contributed by atoms with Crippen LogP contribution in [-0.2, 0) is 0 Å². The second-order valence-corrected chi connectivity index (χ2v) is 4.84. The van der Waals surface area contributed by atoms with E-state index in [4.69, 9.17) is 5.73 Å². The number of benzene rings is 1. The second kappa shape index (κ2) is 5.29. The fourth-order valence-electron chi connectivity index (χ4n) is 2.36. The maximum atomic E-state index is 13.3. The monoisotopic (exact) mass is 249 g/mol. The average Bonchev–Trinajstić information content (AvgIpc) is 2.67. The number of nitrogen functional groups attached to an aromatic ring is 1. The predicted molar refractivity (Wildman–Crippen MR) is 74.2 cm³/mol. The lowest BCUT2D eigenvalue weighted by molar-refractivity contribution is 0.309. The molecule has 3 N–H and O–H groups in total. The minimum atomic E-state index is -0.737. The Hall–Kier alpha value is -1.71. The van der Waals surface area contributed by atoms with Gasteiger partial charge in [0.2, 0.25) is 0 Å². The van der Waals surface area contributed by atoms with Crippen LogP contribution in [0.3, 0.4) is 0 Å². The van der Waals surface area contributed by atoms with E-state index in [2.05, 4.69) is 11.9 Å². The van der Waals surface area contributed by atoms with Crippen molar-refractivity contribution in [2.24, 2.45) is 0 Å². The fourth-order valence-corrected chi connectivity index (χ4v) is 2.36. The molecule has 1 unspecified atom stereocenters. The first kappa shape index (κ1) is 12.7. The van der Waals surface area contributed by atoms with Gasteiger partial charge in [-0.2, -0.15) is 0 Å². The molecule has 4 heteroatoms. The molecule has 0 aliphatic carbocycles. The molecule has 0 saturated carbocycles. The van der Waals surface area contributed by atoms with Gasteiger partial charge in [-0.05, 0) is 19.1 Å². The summed E-state index contributed by atoms with van der Waals surface area (Å²) in [6.45, 7) is 7.09. The van der Waals surface area contributed by atoms with Gasteiger partial charge >= 0.3 is 0 Å². The van der Waals surface area contributed by atoms with E-state index >= 15 is 0 Å². The van der Waals surface area contributed by atoms with E-state index in [-0.39, 0.29) is 6.04 Å². The topological polar surface area (TPSA) is 41.3 Å². The summed E-state index contributed by atoms with van der Waals surface area (Å²) in [6, 6.07) is 7.82. The third-order valence-corrected chi connectivity index (χ3v) is 3.37. The molecule has 0 radical (unpaired) electrons. The summed E-state index contributed by atoms with van der Waals surface area (Å²) in [6.07, 6.45) is -0.148. The Morgan fingerprint density at radius 1 is 1.56 bits per heavy atom. The summed E-state index contributed by atoms with van der Waals surface area (Å²) in [4.78, 5) is 2.02. The van der Waals surface area contributed by atoms with E-state index in [1.807, 2.05) is 36.1 Å². The molecule has 0 aromatic heterocycles. The molecular weight excluding hydrogens is 229 g/mol. The molecule has 0 bridgehead atoms. The van der Waals surface area contributed by atoms with E-state index < -0.39 is 6.17 Å². The summed E-state index contributed by atoms with van der Waals surface area (Å²) >= 11 is 0. The average molecular weight is 249 g/mol. The van der Waals surface area contributed by atoms with Gasteiger partial charge in [0.25, 0.3) is 0 Å². The van der Waals surface area contributed by atoms with Gasteiger partial charge < -0.3 is 16.0 Å². The lowest BCUT2D eigenvalue weighted by Gasteiger charge is -2.26. The molecule has 18 heavy (non-hydrogen) atoms. The minimum Gasteiger partial charge on any atom is -0.397 e. The standard InChI is InChI=1S/C14H20FN3/c1-10-7-12(15)9-18(10)11(2)8-17-14-6-4-3-5-13(14)16/h3-6,10,12,17H,2,7-9,16H2,1H3/t10-,12?/m1/s1. The van der Waals surface area contributed by atoms with E-state index in [0.717, 1.165) is 11.4 Å². The summed E-state index contributed by atoms with van der Waals surface area (Å²) in [5.74, 6) is 0. The summed E-state index contributed by atoms with van der Waals surface area (Å²) in [7, 11) is 0. The van der Waals surface area contributed by atoms with Gasteiger partial charge in [0.05, 0.1) is 17.9 Å². The normalized spacial score (nSPS) is 23.1. The second-order valence-electron chi connectivity index (χ2n) is 4.84. The zero-order chi connectivity index (χ0) is 13.1. The Morgan fingerprint density at radius 2 is 2.28 bits per heavy atom. The van der Waals surface area contributed by atoms with Crippen molar-refractivity contribution in [2.75, 3.05) is 24.1 Å². The maximum absolute atomic E-state index is 13.3. The highest BCUT2D eigenvalue weighted by Crippen LogP contribution is 2.24. The molecule has 1 aliphatic rings. The van der Waals surface area contributed by atoms with Crippen molar-refractivity contribution in [3.63, 3.8) is 0 Å². The van der Waals surface area contributed by atoms with Crippen molar-refractivity contribution < 1.29 is 4.39 Å². The highest BCUT2D eigenvalue weighted by molar-refractivity contribution is 5.65. The molecule has 1 aliphatic heterocycles. The molecule has 2 atom stereocenters. The third-order valence-electron chi connectivity index (χ3n) is 3.37. The van der Waals surface area contributed by atoms with E-state index in [1.54, 1.807) is 0 Å². The Bertz CT molecular complexity index is 433. The van der Waals surface area contributed by atoms with Crippen molar-refractivity contribution in [1.82, 2.24) is 4.90 Å². The number of nitrogens with one attached hydrogen (secondary N) is 1. The lowest BCUT2D eigenvalue weighted by Crippen LogP contribution is -2.29. The largest absolute Gasteiger partial charge is 0.397 e. The Morgan fingerprint density at radius 3 is 2.89 bits per heavy atom. The van der Waals surface area contributed by atoms with Crippen LogP contribution in [0, 0.1) is 0 Å². The lowest BCUT2D eigenvalue weighted by atomic mass is 10.2. The van der Waals surface area contributed by atoms with Crippen LogP contribution < -0.4 is 11.1 Å². The van der Waals surface area contributed by atoms with Gasteiger partial charge in [-0.1, -0.05) is 18.7 Å². The SMILES string of the molecule is C=C(CNc1ccccc1N)N1CC(F)C[C@H]1C. The van der Waals surface area contributed by atoms with Crippen LogP contribution in [-0.4, -0.2) is 30.2 Å². The quantitative estimate of drug-likeness (QED) is 0.806. The number of hydrogen-bond acceptors (Lipinski definition) is 3. The Balaban J connectivity index is 1.91. The zero-order valence-electron chi connectivity index (χ0n) is 10.7. The number of para-hydroxylation sites is 2. The summed E-state index contributed by atoms with van der Waals surface area (Å²) < 4.78 is 13.3. The Kier molecular flexibility index (Phi) is 3.75. The number of nitrogens with zero attached hydrogens (tertiary/aromatic N) is 1. The number of alkyl halides is 1. The van der Waals surface area contributed by atoms with Gasteiger partial charge in [-0.25, -0.2) is 4.39 Å². The van der Waals surface area contributed by atoms with Crippen molar-refractivity contribution in [1.29, 1.82) is 0 Å². The molecule has 98 valence electrons. The molecule has 0 amide bonds. The van der Waals surface area contributed by atoms with Gasteiger partial charge in [0.1, 0.15) is 6.17 Å². The number of likely N-dealkylation sites (tertiary alicyclic amines) is 1. The number of nitrogens with two attached hydrogens (primary N) is 1. The first-order chi connectivity index (χ1) is 8.58. The van der Waals surface area contributed by atoms with Crippen LogP contribution in [0.2, 0.25) is 0 Å². The highest BCUT2D eigenvalue weighted by Gasteiger charge is 2.29. The van der Waals surface area contributed by atoms with Crippen molar-refractivity contribution in [2.45, 2.75) is 25.6 Å². The van der Waals surface area contributed by atoms with Crippen LogP contribution in [0.15, 0.2) is 36.5 Å².